The average Bonchev–Trinajstić information content (AvgIpc) is 2.98. The van der Waals surface area contributed by atoms with Crippen LogP contribution in [0.5, 0.6) is 0 Å². The molecule has 0 saturated carbocycles. The van der Waals surface area contributed by atoms with Gasteiger partial charge < -0.3 is 4.52 Å². The molecule has 0 fully saturated rings. The molecule has 25 heavy (non-hydrogen) atoms. The minimum Gasteiger partial charge on any atom is -0.356 e. The first kappa shape index (κ1) is 17.2. The Balaban J connectivity index is 2.03. The van der Waals surface area contributed by atoms with Crippen LogP contribution < -0.4 is 4.72 Å². The molecule has 0 bridgehead atoms. The van der Waals surface area contributed by atoms with Crippen molar-refractivity contribution < 1.29 is 12.9 Å². The Bertz CT molecular complexity index is 1040. The highest BCUT2D eigenvalue weighted by Crippen LogP contribution is 2.28. The van der Waals surface area contributed by atoms with Gasteiger partial charge in [-0.05, 0) is 56.5 Å². The zero-order valence-corrected chi connectivity index (χ0v) is 15.4. The molecule has 5 nitrogen and oxygen atoms in total. The molecular formula is C19H20N2O3S. The molecule has 6 heteroatoms. The maximum Gasteiger partial charge on any atom is 0.262 e. The molecule has 0 radical (unpaired) electrons. The maximum atomic E-state index is 12.9. The number of nitrogens with zero attached hydrogens (tertiary/aromatic N) is 1. The summed E-state index contributed by atoms with van der Waals surface area (Å²) in [6.45, 7) is 7.44. The summed E-state index contributed by atoms with van der Waals surface area (Å²) in [6, 6.07) is 12.5. The number of sulfonamides is 1. The smallest absolute Gasteiger partial charge is 0.262 e. The molecule has 0 saturated heterocycles. The van der Waals surface area contributed by atoms with Gasteiger partial charge >= 0.3 is 0 Å². The van der Waals surface area contributed by atoms with E-state index in [9.17, 15) is 8.42 Å². The molecule has 1 N–H and O–H groups in total. The molecule has 1 heterocycles. The summed E-state index contributed by atoms with van der Waals surface area (Å²) in [6.07, 6.45) is 0. The third-order valence-corrected chi connectivity index (χ3v) is 5.75. The number of aromatic nitrogens is 1. The third kappa shape index (κ3) is 3.44. The maximum absolute atomic E-state index is 12.9. The molecule has 3 aromatic rings. The predicted molar refractivity (Wildman–Crippen MR) is 98.1 cm³/mol. The molecule has 0 aliphatic heterocycles. The molecule has 0 aliphatic carbocycles. The lowest BCUT2D eigenvalue weighted by molar-refractivity contribution is 0.427. The van der Waals surface area contributed by atoms with E-state index in [1.807, 2.05) is 39.0 Å². The Kier molecular flexibility index (Phi) is 4.39. The minimum absolute atomic E-state index is 0.222. The van der Waals surface area contributed by atoms with Crippen molar-refractivity contribution in [3.8, 4) is 11.3 Å². The average molecular weight is 356 g/mol. The van der Waals surface area contributed by atoms with Gasteiger partial charge in [0.25, 0.3) is 10.0 Å². The number of aryl methyl sites for hydroxylation is 3. The van der Waals surface area contributed by atoms with E-state index in [2.05, 4.69) is 9.88 Å². The molecule has 0 spiro atoms. The van der Waals surface area contributed by atoms with Crippen LogP contribution in [-0.2, 0) is 10.0 Å². The first-order chi connectivity index (χ1) is 11.8. The van der Waals surface area contributed by atoms with Gasteiger partial charge in [0.05, 0.1) is 16.3 Å². The predicted octanol–water partition coefficient (Wildman–Crippen LogP) is 4.38. The van der Waals surface area contributed by atoms with Crippen molar-refractivity contribution in [3.05, 3.63) is 64.8 Å². The Hall–Kier alpha value is -2.60. The van der Waals surface area contributed by atoms with E-state index in [-0.39, 0.29) is 4.90 Å². The highest BCUT2D eigenvalue weighted by atomic mass is 32.2. The molecule has 1 aromatic heterocycles. The van der Waals surface area contributed by atoms with Crippen LogP contribution in [0.15, 0.2) is 51.9 Å². The topological polar surface area (TPSA) is 72.2 Å². The largest absolute Gasteiger partial charge is 0.356 e. The summed E-state index contributed by atoms with van der Waals surface area (Å²) in [5.74, 6) is 0.542. The van der Waals surface area contributed by atoms with Gasteiger partial charge in [0.1, 0.15) is 0 Å². The Morgan fingerprint density at radius 1 is 0.960 bits per heavy atom. The first-order valence-corrected chi connectivity index (χ1v) is 9.39. The summed E-state index contributed by atoms with van der Waals surface area (Å²) in [4.78, 5) is 0.222. The number of hydrogen-bond donors (Lipinski definition) is 1. The van der Waals surface area contributed by atoms with Crippen molar-refractivity contribution in [3.63, 3.8) is 0 Å². The van der Waals surface area contributed by atoms with Crippen LogP contribution in [0.3, 0.4) is 0 Å². The third-order valence-electron chi connectivity index (χ3n) is 4.24. The van der Waals surface area contributed by atoms with Crippen molar-refractivity contribution in [1.82, 2.24) is 5.16 Å². The molecule has 0 atom stereocenters. The number of benzene rings is 2. The molecule has 0 aliphatic rings. The van der Waals surface area contributed by atoms with E-state index >= 15 is 0 Å². The van der Waals surface area contributed by atoms with Gasteiger partial charge in [0.2, 0.25) is 0 Å². The zero-order valence-electron chi connectivity index (χ0n) is 14.6. The lowest BCUT2D eigenvalue weighted by atomic mass is 10.1. The quantitative estimate of drug-likeness (QED) is 0.753. The minimum atomic E-state index is -3.72. The molecule has 130 valence electrons. The van der Waals surface area contributed by atoms with Crippen molar-refractivity contribution in [1.29, 1.82) is 0 Å². The second-order valence-electron chi connectivity index (χ2n) is 6.17. The zero-order chi connectivity index (χ0) is 18.2. The normalized spacial score (nSPS) is 11.5. The lowest BCUT2D eigenvalue weighted by Crippen LogP contribution is -2.15. The van der Waals surface area contributed by atoms with E-state index in [4.69, 9.17) is 4.52 Å². The van der Waals surface area contributed by atoms with Crippen molar-refractivity contribution in [2.75, 3.05) is 4.72 Å². The SMILES string of the molecule is Cc1cc(-c2ccc(C)c(S(=O)(=O)Nc3cccc(C)c3C)c2)on1. The van der Waals surface area contributed by atoms with E-state index in [0.717, 1.165) is 16.8 Å². The van der Waals surface area contributed by atoms with Crippen LogP contribution in [0, 0.1) is 27.7 Å². The van der Waals surface area contributed by atoms with Crippen LogP contribution in [0.4, 0.5) is 5.69 Å². The monoisotopic (exact) mass is 356 g/mol. The summed E-state index contributed by atoms with van der Waals surface area (Å²) < 4.78 is 33.8. The second kappa shape index (κ2) is 6.37. The molecule has 3 rings (SSSR count). The number of anilines is 1. The second-order valence-corrected chi connectivity index (χ2v) is 7.82. The van der Waals surface area contributed by atoms with Gasteiger partial charge in [0.15, 0.2) is 5.76 Å². The van der Waals surface area contributed by atoms with E-state index in [0.29, 0.717) is 22.6 Å². The van der Waals surface area contributed by atoms with E-state index in [1.165, 1.54) is 0 Å². The fourth-order valence-electron chi connectivity index (χ4n) is 2.60. The van der Waals surface area contributed by atoms with Gasteiger partial charge in [-0.3, -0.25) is 4.72 Å². The standard InChI is InChI=1S/C19H20N2O3S/c1-12-6-5-7-17(15(12)4)21-25(22,23)19-11-16(9-8-13(19)2)18-10-14(3)20-24-18/h5-11,21H,1-4H3. The van der Waals surface area contributed by atoms with Crippen molar-refractivity contribution >= 4 is 15.7 Å². The number of rotatable bonds is 4. The van der Waals surface area contributed by atoms with Crippen LogP contribution in [0.1, 0.15) is 22.4 Å². The van der Waals surface area contributed by atoms with Crippen LogP contribution in [0.25, 0.3) is 11.3 Å². The summed E-state index contributed by atoms with van der Waals surface area (Å²) >= 11 is 0. The Morgan fingerprint density at radius 2 is 1.72 bits per heavy atom. The molecule has 0 unspecified atom stereocenters. The van der Waals surface area contributed by atoms with Crippen LogP contribution in [0.2, 0.25) is 0 Å². The van der Waals surface area contributed by atoms with Crippen LogP contribution in [-0.4, -0.2) is 13.6 Å². The van der Waals surface area contributed by atoms with E-state index in [1.54, 1.807) is 31.2 Å². The van der Waals surface area contributed by atoms with Gasteiger partial charge in [-0.15, -0.1) is 0 Å². The highest BCUT2D eigenvalue weighted by Gasteiger charge is 2.20. The van der Waals surface area contributed by atoms with Gasteiger partial charge in [-0.25, -0.2) is 8.42 Å². The fourth-order valence-corrected chi connectivity index (χ4v) is 4.00. The Labute approximate surface area is 147 Å². The molecular weight excluding hydrogens is 336 g/mol. The van der Waals surface area contributed by atoms with E-state index < -0.39 is 10.0 Å². The first-order valence-electron chi connectivity index (χ1n) is 7.91. The number of nitrogens with one attached hydrogen (secondary N) is 1. The van der Waals surface area contributed by atoms with Gasteiger partial charge in [0, 0.05) is 11.6 Å². The summed E-state index contributed by atoms with van der Waals surface area (Å²) in [7, 11) is -3.72. The molecule has 2 aromatic carbocycles. The van der Waals surface area contributed by atoms with Crippen LogP contribution >= 0.6 is 0 Å². The van der Waals surface area contributed by atoms with Gasteiger partial charge in [-0.2, -0.15) is 0 Å². The molecule has 0 amide bonds. The fraction of sp³-hybridized carbons (Fsp3) is 0.211. The summed E-state index contributed by atoms with van der Waals surface area (Å²) in [5, 5.41) is 3.86. The lowest BCUT2D eigenvalue weighted by Gasteiger charge is -2.14. The highest BCUT2D eigenvalue weighted by molar-refractivity contribution is 7.92. The van der Waals surface area contributed by atoms with Gasteiger partial charge in [-0.1, -0.05) is 29.4 Å². The summed E-state index contributed by atoms with van der Waals surface area (Å²) in [5.41, 5.74) is 4.60. The van der Waals surface area contributed by atoms with Crippen molar-refractivity contribution in [2.45, 2.75) is 32.6 Å². The van der Waals surface area contributed by atoms with Crippen molar-refractivity contribution in [2.24, 2.45) is 0 Å². The number of hydrogen-bond acceptors (Lipinski definition) is 4. The Morgan fingerprint density at radius 3 is 2.40 bits per heavy atom.